The number of benzene rings is 2. The van der Waals surface area contributed by atoms with E-state index in [1.807, 2.05) is 26.8 Å². The Hall–Kier alpha value is -2.78. The van der Waals surface area contributed by atoms with Crippen molar-refractivity contribution in [2.24, 2.45) is 0 Å². The van der Waals surface area contributed by atoms with Crippen LogP contribution in [-0.4, -0.2) is 56.6 Å². The quantitative estimate of drug-likeness (QED) is 0.412. The number of hydrogen-bond donors (Lipinski definition) is 1. The molecule has 10 heteroatoms. The van der Waals surface area contributed by atoms with Crippen LogP contribution in [0.3, 0.4) is 0 Å². The average molecular weight is 538 g/mol. The largest absolute Gasteiger partial charge is 0.494 e. The Morgan fingerprint density at radius 3 is 2.31 bits per heavy atom. The zero-order valence-electron chi connectivity index (χ0n) is 21.5. The summed E-state index contributed by atoms with van der Waals surface area (Å²) in [7, 11) is -3.57. The van der Waals surface area contributed by atoms with Crippen LogP contribution in [0.5, 0.6) is 5.75 Å². The van der Waals surface area contributed by atoms with E-state index in [0.717, 1.165) is 11.8 Å². The summed E-state index contributed by atoms with van der Waals surface area (Å²) in [5, 5.41) is 3.39. The van der Waals surface area contributed by atoms with E-state index in [1.54, 1.807) is 49.4 Å². The molecule has 2 aromatic carbocycles. The number of nitrogens with zero attached hydrogens (tertiary/aromatic N) is 2. The Kier molecular flexibility index (Phi) is 11.0. The lowest BCUT2D eigenvalue weighted by Gasteiger charge is -2.30. The number of carbonyl (C=O) groups is 2. The van der Waals surface area contributed by atoms with Crippen molar-refractivity contribution in [2.45, 2.75) is 59.2 Å². The highest BCUT2D eigenvalue weighted by atomic mass is 35.5. The van der Waals surface area contributed by atoms with Gasteiger partial charge in [0.25, 0.3) is 0 Å². The number of ether oxygens (including phenoxy) is 1. The molecule has 0 aromatic heterocycles. The number of sulfonamides is 1. The van der Waals surface area contributed by atoms with Crippen molar-refractivity contribution in [2.75, 3.05) is 23.7 Å². The molecule has 0 aliphatic rings. The molecule has 0 aliphatic heterocycles. The van der Waals surface area contributed by atoms with Crippen LogP contribution in [0.4, 0.5) is 5.69 Å². The van der Waals surface area contributed by atoms with E-state index < -0.39 is 16.1 Å². The van der Waals surface area contributed by atoms with E-state index in [0.29, 0.717) is 23.1 Å². The van der Waals surface area contributed by atoms with Gasteiger partial charge in [0.1, 0.15) is 11.8 Å². The van der Waals surface area contributed by atoms with Crippen LogP contribution in [0.1, 0.15) is 46.1 Å². The topological polar surface area (TPSA) is 96.0 Å². The smallest absolute Gasteiger partial charge is 0.242 e. The third-order valence-electron chi connectivity index (χ3n) is 5.43. The number of rotatable bonds is 13. The van der Waals surface area contributed by atoms with Crippen molar-refractivity contribution < 1.29 is 22.7 Å². The molecule has 0 radical (unpaired) electrons. The van der Waals surface area contributed by atoms with Crippen molar-refractivity contribution in [1.29, 1.82) is 0 Å². The Balaban J connectivity index is 2.15. The number of anilines is 1. The van der Waals surface area contributed by atoms with Gasteiger partial charge in [-0.3, -0.25) is 13.9 Å². The standard InChI is InChI=1S/C26H36ClN3O5S/c1-6-35-24-14-12-23(13-15-24)30(36(5,33)34)16-8-11-25(31)29(20(4)26(32)28-19(2)3)18-21-9-7-10-22(27)17-21/h7,9-10,12-15,17,19-20H,6,8,11,16,18H2,1-5H3,(H,28,32)/t20-/m0/s1. The predicted molar refractivity (Wildman–Crippen MR) is 144 cm³/mol. The third kappa shape index (κ3) is 9.02. The lowest BCUT2D eigenvalue weighted by atomic mass is 10.1. The van der Waals surface area contributed by atoms with Gasteiger partial charge in [-0.2, -0.15) is 0 Å². The number of carbonyl (C=O) groups excluding carboxylic acids is 2. The molecule has 0 aliphatic carbocycles. The van der Waals surface area contributed by atoms with E-state index in [9.17, 15) is 18.0 Å². The SMILES string of the molecule is CCOc1ccc(N(CCCC(=O)N(Cc2cccc(Cl)c2)[C@@H](C)C(=O)NC(C)C)S(C)(=O)=O)cc1. The van der Waals surface area contributed by atoms with Gasteiger partial charge in [-0.25, -0.2) is 8.42 Å². The highest BCUT2D eigenvalue weighted by molar-refractivity contribution is 7.92. The molecule has 0 unspecified atom stereocenters. The van der Waals surface area contributed by atoms with E-state index in [-0.39, 0.29) is 43.8 Å². The Morgan fingerprint density at radius 2 is 1.75 bits per heavy atom. The van der Waals surface area contributed by atoms with Gasteiger partial charge >= 0.3 is 0 Å². The van der Waals surface area contributed by atoms with E-state index in [1.165, 1.54) is 9.21 Å². The molecular formula is C26H36ClN3O5S. The van der Waals surface area contributed by atoms with E-state index in [4.69, 9.17) is 16.3 Å². The normalized spacial score (nSPS) is 12.2. The number of amides is 2. The van der Waals surface area contributed by atoms with Gasteiger partial charge in [0.15, 0.2) is 0 Å². The zero-order valence-corrected chi connectivity index (χ0v) is 23.1. The summed E-state index contributed by atoms with van der Waals surface area (Å²) in [6, 6.07) is 13.1. The van der Waals surface area contributed by atoms with Gasteiger partial charge in [0, 0.05) is 30.6 Å². The second kappa shape index (κ2) is 13.5. The lowest BCUT2D eigenvalue weighted by Crippen LogP contribution is -2.49. The molecule has 1 N–H and O–H groups in total. The summed E-state index contributed by atoms with van der Waals surface area (Å²) in [5.41, 5.74) is 1.29. The molecule has 0 fully saturated rings. The molecule has 198 valence electrons. The molecule has 0 saturated heterocycles. The molecule has 2 rings (SSSR count). The minimum Gasteiger partial charge on any atom is -0.494 e. The first-order chi connectivity index (χ1) is 16.9. The molecule has 2 amide bonds. The fraction of sp³-hybridized carbons (Fsp3) is 0.462. The van der Waals surface area contributed by atoms with Crippen LogP contribution in [0.15, 0.2) is 48.5 Å². The highest BCUT2D eigenvalue weighted by Crippen LogP contribution is 2.23. The summed E-state index contributed by atoms with van der Waals surface area (Å²) in [6.07, 6.45) is 1.49. The molecule has 36 heavy (non-hydrogen) atoms. The Morgan fingerprint density at radius 1 is 1.08 bits per heavy atom. The van der Waals surface area contributed by atoms with Crippen LogP contribution >= 0.6 is 11.6 Å². The van der Waals surface area contributed by atoms with Crippen LogP contribution < -0.4 is 14.4 Å². The molecule has 0 bridgehead atoms. The van der Waals surface area contributed by atoms with Gasteiger partial charge < -0.3 is 15.0 Å². The summed E-state index contributed by atoms with van der Waals surface area (Å²) < 4.78 is 31.6. The number of hydrogen-bond acceptors (Lipinski definition) is 5. The maximum absolute atomic E-state index is 13.3. The summed E-state index contributed by atoms with van der Waals surface area (Å²) in [6.45, 7) is 8.11. The van der Waals surface area contributed by atoms with Gasteiger partial charge in [-0.15, -0.1) is 0 Å². The van der Waals surface area contributed by atoms with Crippen molar-refractivity contribution in [3.63, 3.8) is 0 Å². The average Bonchev–Trinajstić information content (AvgIpc) is 2.79. The molecule has 1 atom stereocenters. The first-order valence-electron chi connectivity index (χ1n) is 12.0. The highest BCUT2D eigenvalue weighted by Gasteiger charge is 2.27. The molecule has 8 nitrogen and oxygen atoms in total. The third-order valence-corrected chi connectivity index (χ3v) is 6.86. The van der Waals surface area contributed by atoms with Gasteiger partial charge in [0.05, 0.1) is 18.6 Å². The van der Waals surface area contributed by atoms with Crippen LogP contribution in [0.25, 0.3) is 0 Å². The molecule has 0 heterocycles. The zero-order chi connectivity index (χ0) is 26.9. The van der Waals surface area contributed by atoms with Crippen molar-refractivity contribution in [1.82, 2.24) is 10.2 Å². The first kappa shape index (κ1) is 29.5. The maximum atomic E-state index is 13.3. The van der Waals surface area contributed by atoms with E-state index >= 15 is 0 Å². The van der Waals surface area contributed by atoms with Crippen molar-refractivity contribution >= 4 is 39.1 Å². The molecule has 2 aromatic rings. The fourth-order valence-corrected chi connectivity index (χ4v) is 4.88. The second-order valence-electron chi connectivity index (χ2n) is 8.86. The van der Waals surface area contributed by atoms with Crippen LogP contribution in [0.2, 0.25) is 5.02 Å². The number of halogens is 1. The van der Waals surface area contributed by atoms with Crippen LogP contribution in [0, 0.1) is 0 Å². The minimum absolute atomic E-state index is 0.0690. The Labute approximate surface area is 219 Å². The van der Waals surface area contributed by atoms with Crippen molar-refractivity contribution in [3.05, 3.63) is 59.1 Å². The summed E-state index contributed by atoms with van der Waals surface area (Å²) >= 11 is 6.11. The molecule has 0 spiro atoms. The van der Waals surface area contributed by atoms with Crippen LogP contribution in [-0.2, 0) is 26.2 Å². The monoisotopic (exact) mass is 537 g/mol. The molecule has 0 saturated carbocycles. The second-order valence-corrected chi connectivity index (χ2v) is 11.2. The number of nitrogens with one attached hydrogen (secondary N) is 1. The Bertz CT molecular complexity index is 1120. The summed E-state index contributed by atoms with van der Waals surface area (Å²) in [5.74, 6) is 0.143. The van der Waals surface area contributed by atoms with Crippen molar-refractivity contribution in [3.8, 4) is 5.75 Å². The molecular weight excluding hydrogens is 502 g/mol. The fourth-order valence-electron chi connectivity index (χ4n) is 3.70. The maximum Gasteiger partial charge on any atom is 0.242 e. The van der Waals surface area contributed by atoms with Gasteiger partial charge in [0.2, 0.25) is 21.8 Å². The van der Waals surface area contributed by atoms with Gasteiger partial charge in [-0.05, 0) is 76.1 Å². The first-order valence-corrected chi connectivity index (χ1v) is 14.2. The van der Waals surface area contributed by atoms with E-state index in [2.05, 4.69) is 5.32 Å². The van der Waals surface area contributed by atoms with Gasteiger partial charge in [-0.1, -0.05) is 23.7 Å². The predicted octanol–water partition coefficient (Wildman–Crippen LogP) is 4.23. The summed E-state index contributed by atoms with van der Waals surface area (Å²) in [4.78, 5) is 27.5. The minimum atomic E-state index is -3.57. The lowest BCUT2D eigenvalue weighted by molar-refractivity contribution is -0.140.